The summed E-state index contributed by atoms with van der Waals surface area (Å²) in [6.07, 6.45) is 9.69. The molecule has 2 heterocycles. The van der Waals surface area contributed by atoms with Gasteiger partial charge < -0.3 is 14.6 Å². The molecular formula is C37H39N3O3. The second-order valence-corrected chi connectivity index (χ2v) is 11.7. The van der Waals surface area contributed by atoms with Crippen LogP contribution in [0, 0.1) is 18.3 Å². The molecule has 6 nitrogen and oxygen atoms in total. The van der Waals surface area contributed by atoms with E-state index in [0.29, 0.717) is 18.8 Å². The maximum Gasteiger partial charge on any atom is 0.128 e. The number of nitrogens with zero attached hydrogens (tertiary/aromatic N) is 3. The molecule has 6 heteroatoms. The van der Waals surface area contributed by atoms with Crippen molar-refractivity contribution in [3.63, 3.8) is 0 Å². The first kappa shape index (κ1) is 28.9. The van der Waals surface area contributed by atoms with Crippen LogP contribution >= 0.6 is 0 Å². The van der Waals surface area contributed by atoms with Crippen molar-refractivity contribution in [2.75, 3.05) is 13.2 Å². The van der Waals surface area contributed by atoms with E-state index in [1.165, 1.54) is 33.4 Å². The molecule has 2 aliphatic rings. The number of ether oxygens (including phenoxy) is 2. The van der Waals surface area contributed by atoms with E-state index in [2.05, 4.69) is 71.4 Å². The van der Waals surface area contributed by atoms with Crippen LogP contribution in [0.1, 0.15) is 64.6 Å². The number of piperidine rings is 1. The molecule has 4 aromatic rings. The van der Waals surface area contributed by atoms with E-state index in [9.17, 15) is 10.4 Å². The number of aliphatic hydroxyl groups excluding tert-OH is 1. The Morgan fingerprint density at radius 1 is 0.930 bits per heavy atom. The number of nitriles is 1. The minimum Gasteiger partial charge on any atom is -0.488 e. The number of fused-ring (bicyclic) bond motifs is 1. The van der Waals surface area contributed by atoms with E-state index < -0.39 is 0 Å². The summed E-state index contributed by atoms with van der Waals surface area (Å²) in [5.74, 6) is 1.70. The van der Waals surface area contributed by atoms with Crippen molar-refractivity contribution in [1.29, 1.82) is 5.26 Å². The summed E-state index contributed by atoms with van der Waals surface area (Å²) in [7, 11) is 0. The zero-order chi connectivity index (χ0) is 29.6. The zero-order valence-corrected chi connectivity index (χ0v) is 24.9. The normalized spacial score (nSPS) is 16.4. The maximum atomic E-state index is 10.1. The van der Waals surface area contributed by atoms with Crippen molar-refractivity contribution in [2.45, 2.75) is 71.2 Å². The lowest BCUT2D eigenvalue weighted by atomic mass is 9.96. The zero-order valence-electron chi connectivity index (χ0n) is 24.9. The Labute approximate surface area is 254 Å². The monoisotopic (exact) mass is 573 g/mol. The van der Waals surface area contributed by atoms with Gasteiger partial charge in [-0.3, -0.25) is 9.88 Å². The smallest absolute Gasteiger partial charge is 0.128 e. The van der Waals surface area contributed by atoms with Crippen molar-refractivity contribution in [1.82, 2.24) is 9.88 Å². The molecule has 1 unspecified atom stereocenters. The van der Waals surface area contributed by atoms with Gasteiger partial charge in [0.15, 0.2) is 0 Å². The number of pyridine rings is 1. The van der Waals surface area contributed by atoms with E-state index >= 15 is 0 Å². The summed E-state index contributed by atoms with van der Waals surface area (Å²) in [4.78, 5) is 6.63. The van der Waals surface area contributed by atoms with Crippen LogP contribution in [0.25, 0.3) is 11.1 Å². The number of aromatic nitrogens is 1. The lowest BCUT2D eigenvalue weighted by molar-refractivity contribution is 0.0828. The van der Waals surface area contributed by atoms with Crippen molar-refractivity contribution in [3.8, 4) is 28.7 Å². The van der Waals surface area contributed by atoms with E-state index in [4.69, 9.17) is 9.47 Å². The van der Waals surface area contributed by atoms with Gasteiger partial charge in [0.1, 0.15) is 30.8 Å². The third-order valence-corrected chi connectivity index (χ3v) is 8.99. The number of rotatable bonds is 10. The first-order valence-corrected chi connectivity index (χ1v) is 15.4. The van der Waals surface area contributed by atoms with Crippen molar-refractivity contribution < 1.29 is 14.6 Å². The predicted molar refractivity (Wildman–Crippen MR) is 168 cm³/mol. The lowest BCUT2D eigenvalue weighted by Gasteiger charge is -2.35. The summed E-state index contributed by atoms with van der Waals surface area (Å²) in [6, 6.07) is 23.2. The van der Waals surface area contributed by atoms with Gasteiger partial charge in [-0.25, -0.2) is 0 Å². The van der Waals surface area contributed by atoms with Crippen LogP contribution in [-0.2, 0) is 32.6 Å². The molecule has 6 rings (SSSR count). The molecule has 1 aliphatic carbocycles. The van der Waals surface area contributed by atoms with Gasteiger partial charge in [-0.1, -0.05) is 55.0 Å². The van der Waals surface area contributed by atoms with Crippen LogP contribution < -0.4 is 9.47 Å². The first-order chi connectivity index (χ1) is 21.1. The Morgan fingerprint density at radius 2 is 1.77 bits per heavy atom. The van der Waals surface area contributed by atoms with Crippen LogP contribution in [0.3, 0.4) is 0 Å². The first-order valence-electron chi connectivity index (χ1n) is 15.4. The van der Waals surface area contributed by atoms with Crippen molar-refractivity contribution in [3.05, 3.63) is 112 Å². The second kappa shape index (κ2) is 13.4. The minimum atomic E-state index is 0.172. The van der Waals surface area contributed by atoms with E-state index in [0.717, 1.165) is 74.2 Å². The van der Waals surface area contributed by atoms with Gasteiger partial charge in [0.05, 0.1) is 12.2 Å². The fourth-order valence-corrected chi connectivity index (χ4v) is 6.61. The summed E-state index contributed by atoms with van der Waals surface area (Å²) in [5.41, 5.74) is 10.0. The van der Waals surface area contributed by atoms with E-state index in [-0.39, 0.29) is 12.6 Å². The minimum absolute atomic E-state index is 0.172. The third kappa shape index (κ3) is 6.44. The van der Waals surface area contributed by atoms with Gasteiger partial charge in [0, 0.05) is 42.2 Å². The standard InChI is InChI=1S/C37H39N3O3/c1-26-30(11-7-13-32(26)29-9-3-2-4-10-29)25-43-36-18-37(42-24-28-17-27(19-38)20-39-21-28)35(33-14-8-15-34(33)36)22-40-16-6-5-12-31(40)23-41/h2-4,7,9-11,13,17-18,20-21,31,41H,5-6,8,12,14-16,22-25H2,1H3. The molecule has 3 aromatic carbocycles. The molecule has 1 aliphatic heterocycles. The number of hydrogen-bond acceptors (Lipinski definition) is 6. The predicted octanol–water partition coefficient (Wildman–Crippen LogP) is 6.92. The molecule has 1 aromatic heterocycles. The summed E-state index contributed by atoms with van der Waals surface area (Å²) in [5, 5.41) is 19.5. The lowest BCUT2D eigenvalue weighted by Crippen LogP contribution is -2.41. The second-order valence-electron chi connectivity index (χ2n) is 11.7. The van der Waals surface area contributed by atoms with Gasteiger partial charge in [0.25, 0.3) is 0 Å². The van der Waals surface area contributed by atoms with Crippen LogP contribution in [0.15, 0.2) is 73.1 Å². The number of hydrogen-bond donors (Lipinski definition) is 1. The SMILES string of the molecule is Cc1c(COc2cc(OCc3cncc(C#N)c3)c(CN3CCCCC3CO)c3c2CCC3)cccc1-c1ccccc1. The topological polar surface area (TPSA) is 78.6 Å². The molecule has 1 atom stereocenters. The number of likely N-dealkylation sites (tertiary alicyclic amines) is 1. The van der Waals surface area contributed by atoms with Gasteiger partial charge in [-0.05, 0) is 85.0 Å². The Bertz CT molecular complexity index is 1610. The highest BCUT2D eigenvalue weighted by Crippen LogP contribution is 2.41. The molecule has 0 radical (unpaired) electrons. The largest absolute Gasteiger partial charge is 0.488 e. The van der Waals surface area contributed by atoms with Gasteiger partial charge in [-0.2, -0.15) is 5.26 Å². The van der Waals surface area contributed by atoms with Gasteiger partial charge >= 0.3 is 0 Å². The van der Waals surface area contributed by atoms with Crippen LogP contribution in [-0.4, -0.2) is 34.2 Å². The average molecular weight is 574 g/mol. The van der Waals surface area contributed by atoms with Crippen molar-refractivity contribution >= 4 is 0 Å². The Balaban J connectivity index is 1.32. The highest BCUT2D eigenvalue weighted by atomic mass is 16.5. The van der Waals surface area contributed by atoms with Crippen LogP contribution in [0.4, 0.5) is 0 Å². The number of benzene rings is 3. The molecule has 1 saturated heterocycles. The van der Waals surface area contributed by atoms with Gasteiger partial charge in [0.2, 0.25) is 0 Å². The maximum absolute atomic E-state index is 10.1. The average Bonchev–Trinajstić information content (AvgIpc) is 3.55. The Hall–Kier alpha value is -4.18. The highest BCUT2D eigenvalue weighted by molar-refractivity contribution is 5.68. The molecule has 1 fully saturated rings. The van der Waals surface area contributed by atoms with Crippen molar-refractivity contribution in [2.24, 2.45) is 0 Å². The third-order valence-electron chi connectivity index (χ3n) is 8.99. The summed E-state index contributed by atoms with van der Waals surface area (Å²) in [6.45, 7) is 4.86. The Kier molecular flexibility index (Phi) is 9.02. The quantitative estimate of drug-likeness (QED) is 0.222. The fourth-order valence-electron chi connectivity index (χ4n) is 6.61. The van der Waals surface area contributed by atoms with Crippen LogP contribution in [0.5, 0.6) is 11.5 Å². The molecule has 43 heavy (non-hydrogen) atoms. The van der Waals surface area contributed by atoms with Gasteiger partial charge in [-0.15, -0.1) is 0 Å². The molecule has 0 spiro atoms. The molecule has 0 saturated carbocycles. The number of aliphatic hydroxyl groups is 1. The molecular weight excluding hydrogens is 534 g/mol. The molecule has 220 valence electrons. The molecule has 0 bridgehead atoms. The highest BCUT2D eigenvalue weighted by Gasteiger charge is 2.28. The Morgan fingerprint density at radius 3 is 2.60 bits per heavy atom. The summed E-state index contributed by atoms with van der Waals surface area (Å²) >= 11 is 0. The van der Waals surface area contributed by atoms with E-state index in [1.807, 2.05) is 12.1 Å². The molecule has 0 amide bonds. The fraction of sp³-hybridized carbons (Fsp3) is 0.351. The van der Waals surface area contributed by atoms with E-state index in [1.54, 1.807) is 12.4 Å². The van der Waals surface area contributed by atoms with Crippen LogP contribution in [0.2, 0.25) is 0 Å². The summed E-state index contributed by atoms with van der Waals surface area (Å²) < 4.78 is 13.2. The molecule has 1 N–H and O–H groups in total.